The minimum Gasteiger partial charge on any atom is -0.482 e. The predicted molar refractivity (Wildman–Crippen MR) is 122 cm³/mol. The van der Waals surface area contributed by atoms with Crippen LogP contribution >= 0.6 is 11.3 Å². The van der Waals surface area contributed by atoms with E-state index in [0.717, 1.165) is 49.8 Å². The molecule has 7 heteroatoms. The van der Waals surface area contributed by atoms with E-state index in [1.165, 1.54) is 10.1 Å². The third-order valence-electron chi connectivity index (χ3n) is 5.35. The number of ether oxygens (including phenoxy) is 2. The standard InChI is InChI=1S/C23H27N3O3S/c1-3-25-10-12-26(13-11-25)23-22-18(9-14-30-22)15-20(24-23)17-5-7-19(8-6-17)29-16-21(27)28-4-2/h5-9,14-15H,3-4,10-13,16H2,1-2H3. The monoisotopic (exact) mass is 425 g/mol. The molecule has 2 aromatic heterocycles. The van der Waals surface area contributed by atoms with Crippen molar-refractivity contribution in [1.29, 1.82) is 0 Å². The van der Waals surface area contributed by atoms with E-state index in [-0.39, 0.29) is 12.6 Å². The van der Waals surface area contributed by atoms with Gasteiger partial charge in [-0.05, 0) is 60.6 Å². The van der Waals surface area contributed by atoms with E-state index in [1.807, 2.05) is 24.3 Å². The van der Waals surface area contributed by atoms with Crippen LogP contribution in [-0.2, 0) is 9.53 Å². The van der Waals surface area contributed by atoms with Crippen LogP contribution in [0.4, 0.5) is 5.82 Å². The molecule has 0 N–H and O–H groups in total. The van der Waals surface area contributed by atoms with Crippen LogP contribution in [0.5, 0.6) is 5.75 Å². The van der Waals surface area contributed by atoms with E-state index in [0.29, 0.717) is 12.4 Å². The summed E-state index contributed by atoms with van der Waals surface area (Å²) in [5.74, 6) is 1.36. The maximum Gasteiger partial charge on any atom is 0.344 e. The smallest absolute Gasteiger partial charge is 0.344 e. The van der Waals surface area contributed by atoms with Crippen LogP contribution in [0.25, 0.3) is 21.3 Å². The summed E-state index contributed by atoms with van der Waals surface area (Å²) in [6.07, 6.45) is 0. The molecule has 0 atom stereocenters. The van der Waals surface area contributed by atoms with Crippen molar-refractivity contribution in [1.82, 2.24) is 9.88 Å². The van der Waals surface area contributed by atoms with Crippen LogP contribution in [0.15, 0.2) is 41.8 Å². The van der Waals surface area contributed by atoms with Gasteiger partial charge in [0.2, 0.25) is 0 Å². The van der Waals surface area contributed by atoms with Gasteiger partial charge in [-0.2, -0.15) is 0 Å². The van der Waals surface area contributed by atoms with E-state index in [1.54, 1.807) is 18.3 Å². The molecule has 1 aliphatic rings. The van der Waals surface area contributed by atoms with Crippen LogP contribution in [0.2, 0.25) is 0 Å². The summed E-state index contributed by atoms with van der Waals surface area (Å²) in [6, 6.07) is 12.0. The minimum absolute atomic E-state index is 0.0831. The summed E-state index contributed by atoms with van der Waals surface area (Å²) in [7, 11) is 0. The zero-order valence-corrected chi connectivity index (χ0v) is 18.3. The molecule has 1 fully saturated rings. The second-order valence-electron chi connectivity index (χ2n) is 7.21. The number of piperazine rings is 1. The second-order valence-corrected chi connectivity index (χ2v) is 8.13. The van der Waals surface area contributed by atoms with E-state index < -0.39 is 0 Å². The van der Waals surface area contributed by atoms with Gasteiger partial charge >= 0.3 is 5.97 Å². The molecular formula is C23H27N3O3S. The number of fused-ring (bicyclic) bond motifs is 1. The van der Waals surface area contributed by atoms with Gasteiger partial charge in [-0.1, -0.05) is 6.92 Å². The van der Waals surface area contributed by atoms with Gasteiger partial charge in [0.1, 0.15) is 11.6 Å². The van der Waals surface area contributed by atoms with Crippen LogP contribution in [0.1, 0.15) is 13.8 Å². The van der Waals surface area contributed by atoms with Crippen LogP contribution < -0.4 is 9.64 Å². The Bertz CT molecular complexity index is 995. The Morgan fingerprint density at radius 3 is 2.57 bits per heavy atom. The molecule has 0 radical (unpaired) electrons. The molecule has 4 rings (SSSR count). The number of hydrogen-bond acceptors (Lipinski definition) is 7. The zero-order valence-electron chi connectivity index (χ0n) is 17.5. The summed E-state index contributed by atoms with van der Waals surface area (Å²) in [4.78, 5) is 21.4. The quantitative estimate of drug-likeness (QED) is 0.533. The highest BCUT2D eigenvalue weighted by Crippen LogP contribution is 2.34. The van der Waals surface area contributed by atoms with Crippen molar-refractivity contribution >= 4 is 33.2 Å². The van der Waals surface area contributed by atoms with Crippen molar-refractivity contribution in [2.45, 2.75) is 13.8 Å². The van der Waals surface area contributed by atoms with E-state index in [2.05, 4.69) is 34.2 Å². The molecule has 0 aliphatic carbocycles. The topological polar surface area (TPSA) is 54.9 Å². The molecular weight excluding hydrogens is 398 g/mol. The van der Waals surface area contributed by atoms with Gasteiger partial charge < -0.3 is 19.3 Å². The van der Waals surface area contributed by atoms with E-state index >= 15 is 0 Å². The number of esters is 1. The molecule has 0 amide bonds. The lowest BCUT2D eigenvalue weighted by Crippen LogP contribution is -2.46. The Labute approximate surface area is 181 Å². The first-order valence-corrected chi connectivity index (χ1v) is 11.3. The Hall–Kier alpha value is -2.64. The highest BCUT2D eigenvalue weighted by atomic mass is 32.1. The molecule has 0 spiro atoms. The maximum absolute atomic E-state index is 11.5. The van der Waals surface area contributed by atoms with Crippen molar-refractivity contribution in [3.8, 4) is 17.0 Å². The van der Waals surface area contributed by atoms with Crippen molar-refractivity contribution < 1.29 is 14.3 Å². The Balaban J connectivity index is 1.55. The van der Waals surface area contributed by atoms with Crippen molar-refractivity contribution in [3.63, 3.8) is 0 Å². The van der Waals surface area contributed by atoms with Crippen LogP contribution in [0.3, 0.4) is 0 Å². The Morgan fingerprint density at radius 2 is 1.87 bits per heavy atom. The SMILES string of the molecule is CCOC(=O)COc1ccc(-c2cc3ccsc3c(N3CCN(CC)CC3)n2)cc1. The number of thiophene rings is 1. The fraction of sp³-hybridized carbons (Fsp3) is 0.391. The molecule has 1 aromatic carbocycles. The summed E-state index contributed by atoms with van der Waals surface area (Å²) >= 11 is 1.75. The Morgan fingerprint density at radius 1 is 1.10 bits per heavy atom. The van der Waals surface area contributed by atoms with Crippen molar-refractivity contribution in [2.24, 2.45) is 0 Å². The van der Waals surface area contributed by atoms with E-state index in [9.17, 15) is 4.79 Å². The number of carbonyl (C=O) groups excluding carboxylic acids is 1. The number of hydrogen-bond donors (Lipinski definition) is 0. The Kier molecular flexibility index (Phi) is 6.50. The van der Waals surface area contributed by atoms with Crippen LogP contribution in [-0.4, -0.2) is 61.8 Å². The summed E-state index contributed by atoms with van der Waals surface area (Å²) in [5, 5.41) is 3.36. The van der Waals surface area contributed by atoms with Crippen molar-refractivity contribution in [2.75, 3.05) is 50.8 Å². The number of benzene rings is 1. The first-order valence-electron chi connectivity index (χ1n) is 10.4. The molecule has 3 aromatic rings. The van der Waals surface area contributed by atoms with Gasteiger partial charge in [-0.15, -0.1) is 11.3 Å². The number of aromatic nitrogens is 1. The van der Waals surface area contributed by atoms with Gasteiger partial charge in [-0.25, -0.2) is 9.78 Å². The van der Waals surface area contributed by atoms with Crippen molar-refractivity contribution in [3.05, 3.63) is 41.8 Å². The molecule has 0 saturated carbocycles. The molecule has 1 saturated heterocycles. The van der Waals surface area contributed by atoms with Crippen LogP contribution in [0, 0.1) is 0 Å². The third-order valence-corrected chi connectivity index (χ3v) is 6.27. The number of pyridine rings is 1. The average Bonchev–Trinajstić information content (AvgIpc) is 3.26. The average molecular weight is 426 g/mol. The lowest BCUT2D eigenvalue weighted by Gasteiger charge is -2.35. The molecule has 0 unspecified atom stereocenters. The number of carbonyl (C=O) groups is 1. The summed E-state index contributed by atoms with van der Waals surface area (Å²) < 4.78 is 11.6. The molecule has 1 aliphatic heterocycles. The van der Waals surface area contributed by atoms with E-state index in [4.69, 9.17) is 14.5 Å². The number of likely N-dealkylation sites (N-methyl/N-ethyl adjacent to an activating group) is 1. The lowest BCUT2D eigenvalue weighted by molar-refractivity contribution is -0.145. The molecule has 30 heavy (non-hydrogen) atoms. The number of rotatable bonds is 7. The fourth-order valence-corrected chi connectivity index (χ4v) is 4.56. The molecule has 158 valence electrons. The normalized spacial score (nSPS) is 14.8. The zero-order chi connectivity index (χ0) is 20.9. The number of nitrogens with zero attached hydrogens (tertiary/aromatic N) is 3. The first-order chi connectivity index (χ1) is 14.7. The number of anilines is 1. The van der Waals surface area contributed by atoms with Gasteiger partial charge in [0.15, 0.2) is 6.61 Å². The second kappa shape index (κ2) is 9.45. The fourth-order valence-electron chi connectivity index (χ4n) is 3.66. The van der Waals surface area contributed by atoms with Gasteiger partial charge in [-0.3, -0.25) is 0 Å². The molecule has 0 bridgehead atoms. The maximum atomic E-state index is 11.5. The van der Waals surface area contributed by atoms with Gasteiger partial charge in [0, 0.05) is 31.7 Å². The summed E-state index contributed by atoms with van der Waals surface area (Å²) in [6.45, 7) is 9.50. The molecule has 3 heterocycles. The predicted octanol–water partition coefficient (Wildman–Crippen LogP) is 4.05. The summed E-state index contributed by atoms with van der Waals surface area (Å²) in [5.41, 5.74) is 1.98. The lowest BCUT2D eigenvalue weighted by atomic mass is 10.1. The van der Waals surface area contributed by atoms with Gasteiger partial charge in [0.25, 0.3) is 0 Å². The largest absolute Gasteiger partial charge is 0.482 e. The highest BCUT2D eigenvalue weighted by molar-refractivity contribution is 7.17. The van der Waals surface area contributed by atoms with Gasteiger partial charge in [0.05, 0.1) is 17.0 Å². The molecule has 6 nitrogen and oxygen atoms in total. The minimum atomic E-state index is -0.362. The first kappa shape index (κ1) is 20.6. The highest BCUT2D eigenvalue weighted by Gasteiger charge is 2.20. The third kappa shape index (κ3) is 4.57.